The molecule has 1 aromatic rings. The zero-order valence-electron chi connectivity index (χ0n) is 14.7. The number of pyridine rings is 1. The molecule has 6 nitrogen and oxygen atoms in total. The molecule has 1 amide bonds. The number of nitrogens with zero attached hydrogens (tertiary/aromatic N) is 3. The Kier molecular flexibility index (Phi) is 5.29. The van der Waals surface area contributed by atoms with Gasteiger partial charge in [-0.25, -0.2) is 0 Å². The monoisotopic (exact) mass is 345 g/mol. The van der Waals surface area contributed by atoms with Gasteiger partial charge in [-0.2, -0.15) is 0 Å². The van der Waals surface area contributed by atoms with Crippen LogP contribution in [0, 0.1) is 5.92 Å². The molecule has 1 aromatic heterocycles. The predicted octanol–water partition coefficient (Wildman–Crippen LogP) is 1.31. The average molecular weight is 345 g/mol. The van der Waals surface area contributed by atoms with Gasteiger partial charge in [0.25, 0.3) is 0 Å². The minimum absolute atomic E-state index is 0.140. The molecule has 3 fully saturated rings. The number of rotatable bonds is 3. The van der Waals surface area contributed by atoms with E-state index in [9.17, 15) is 4.79 Å². The molecule has 0 saturated carbocycles. The largest absolute Gasteiger partial charge is 0.381 e. The number of aromatic nitrogens is 1. The molecule has 136 valence electrons. The van der Waals surface area contributed by atoms with Crippen molar-refractivity contribution in [3.8, 4) is 0 Å². The Balaban J connectivity index is 1.42. The minimum Gasteiger partial charge on any atom is -0.381 e. The highest BCUT2D eigenvalue weighted by Gasteiger charge is 2.39. The maximum absolute atomic E-state index is 12.9. The average Bonchev–Trinajstić information content (AvgIpc) is 2.69. The van der Waals surface area contributed by atoms with Gasteiger partial charge in [0, 0.05) is 57.7 Å². The lowest BCUT2D eigenvalue weighted by molar-refractivity contribution is -0.149. The molecular formula is C19H27N3O3. The third-order valence-corrected chi connectivity index (χ3v) is 5.69. The number of amides is 1. The number of carbonyl (C=O) groups excluding carboxylic acids is 1. The van der Waals surface area contributed by atoms with Crippen LogP contribution in [0.25, 0.3) is 0 Å². The second-order valence-corrected chi connectivity index (χ2v) is 7.27. The van der Waals surface area contributed by atoms with Gasteiger partial charge in [0.2, 0.25) is 5.91 Å². The number of ether oxygens (including phenoxy) is 2. The zero-order valence-corrected chi connectivity index (χ0v) is 14.7. The summed E-state index contributed by atoms with van der Waals surface area (Å²) < 4.78 is 11.4. The van der Waals surface area contributed by atoms with Crippen molar-refractivity contribution in [2.24, 2.45) is 5.92 Å². The van der Waals surface area contributed by atoms with Crippen LogP contribution in [-0.2, 0) is 20.8 Å². The number of fused-ring (bicyclic) bond motifs is 1. The summed E-state index contributed by atoms with van der Waals surface area (Å²) in [4.78, 5) is 21.7. The van der Waals surface area contributed by atoms with E-state index in [-0.39, 0.29) is 18.1 Å². The lowest BCUT2D eigenvalue weighted by Crippen LogP contribution is -2.61. The third-order valence-electron chi connectivity index (χ3n) is 5.69. The van der Waals surface area contributed by atoms with Gasteiger partial charge in [-0.3, -0.25) is 14.7 Å². The summed E-state index contributed by atoms with van der Waals surface area (Å²) in [7, 11) is 0. The molecule has 25 heavy (non-hydrogen) atoms. The maximum Gasteiger partial charge on any atom is 0.225 e. The second kappa shape index (κ2) is 7.81. The molecule has 3 aliphatic heterocycles. The predicted molar refractivity (Wildman–Crippen MR) is 92.9 cm³/mol. The van der Waals surface area contributed by atoms with Gasteiger partial charge in [0.1, 0.15) is 0 Å². The van der Waals surface area contributed by atoms with Crippen molar-refractivity contribution in [3.05, 3.63) is 30.1 Å². The van der Waals surface area contributed by atoms with Crippen LogP contribution >= 0.6 is 0 Å². The molecule has 4 heterocycles. The van der Waals surface area contributed by atoms with E-state index >= 15 is 0 Å². The summed E-state index contributed by atoms with van der Waals surface area (Å²) in [5, 5.41) is 0. The Morgan fingerprint density at radius 2 is 2.08 bits per heavy atom. The highest BCUT2D eigenvalue weighted by molar-refractivity contribution is 5.79. The van der Waals surface area contributed by atoms with Crippen molar-refractivity contribution < 1.29 is 14.3 Å². The molecule has 6 heteroatoms. The molecule has 0 spiro atoms. The SMILES string of the molecule is O=C(C1CCOCC1)N1CC[C@@H]2OCCN(Cc3cccnc3)[C@H]2C1. The normalized spacial score (nSPS) is 28.6. The van der Waals surface area contributed by atoms with E-state index < -0.39 is 0 Å². The summed E-state index contributed by atoms with van der Waals surface area (Å²) >= 11 is 0. The first-order chi connectivity index (χ1) is 12.3. The Morgan fingerprint density at radius 1 is 1.20 bits per heavy atom. The van der Waals surface area contributed by atoms with Crippen LogP contribution in [0.4, 0.5) is 0 Å². The Bertz CT molecular complexity index is 577. The fourth-order valence-electron chi connectivity index (χ4n) is 4.27. The first-order valence-electron chi connectivity index (χ1n) is 9.42. The molecule has 4 rings (SSSR count). The zero-order chi connectivity index (χ0) is 17.1. The van der Waals surface area contributed by atoms with Crippen molar-refractivity contribution >= 4 is 5.91 Å². The molecular weight excluding hydrogens is 318 g/mol. The highest BCUT2D eigenvalue weighted by Crippen LogP contribution is 2.27. The summed E-state index contributed by atoms with van der Waals surface area (Å²) in [6, 6.07) is 4.38. The van der Waals surface area contributed by atoms with Crippen LogP contribution in [0.5, 0.6) is 0 Å². The van der Waals surface area contributed by atoms with E-state index in [4.69, 9.17) is 9.47 Å². The minimum atomic E-state index is 0.140. The number of carbonyl (C=O) groups is 1. The molecule has 3 saturated heterocycles. The highest BCUT2D eigenvalue weighted by atomic mass is 16.5. The summed E-state index contributed by atoms with van der Waals surface area (Å²) in [6.45, 7) is 5.58. The fourth-order valence-corrected chi connectivity index (χ4v) is 4.27. The third kappa shape index (κ3) is 3.86. The molecule has 0 unspecified atom stereocenters. The van der Waals surface area contributed by atoms with E-state index in [0.29, 0.717) is 19.1 Å². The molecule has 0 radical (unpaired) electrons. The van der Waals surface area contributed by atoms with Crippen LogP contribution in [0.3, 0.4) is 0 Å². The van der Waals surface area contributed by atoms with E-state index in [2.05, 4.69) is 20.9 Å². The number of likely N-dealkylation sites (tertiary alicyclic amines) is 1. The van der Waals surface area contributed by atoms with Crippen LogP contribution in [0.1, 0.15) is 24.8 Å². The van der Waals surface area contributed by atoms with Crippen molar-refractivity contribution in [2.75, 3.05) is 39.5 Å². The first-order valence-corrected chi connectivity index (χ1v) is 9.42. The van der Waals surface area contributed by atoms with Gasteiger partial charge >= 0.3 is 0 Å². The Morgan fingerprint density at radius 3 is 2.88 bits per heavy atom. The fraction of sp³-hybridized carbons (Fsp3) is 0.684. The van der Waals surface area contributed by atoms with Crippen LogP contribution < -0.4 is 0 Å². The number of hydrogen-bond acceptors (Lipinski definition) is 5. The summed E-state index contributed by atoms with van der Waals surface area (Å²) in [6.07, 6.45) is 6.63. The van der Waals surface area contributed by atoms with Gasteiger partial charge < -0.3 is 14.4 Å². The molecule has 0 aromatic carbocycles. The first kappa shape index (κ1) is 16.9. The van der Waals surface area contributed by atoms with Crippen molar-refractivity contribution in [1.82, 2.24) is 14.8 Å². The molecule has 0 N–H and O–H groups in total. The molecule has 2 atom stereocenters. The van der Waals surface area contributed by atoms with E-state index in [1.165, 1.54) is 5.56 Å². The van der Waals surface area contributed by atoms with Crippen molar-refractivity contribution in [2.45, 2.75) is 38.0 Å². The summed E-state index contributed by atoms with van der Waals surface area (Å²) in [5.41, 5.74) is 1.22. The summed E-state index contributed by atoms with van der Waals surface area (Å²) in [5.74, 6) is 0.454. The van der Waals surface area contributed by atoms with Crippen LogP contribution in [0.15, 0.2) is 24.5 Å². The standard InChI is InChI=1S/C19H27N3O3/c23-19(16-4-9-24-10-5-16)22-7-3-18-17(14-22)21(8-11-25-18)13-15-2-1-6-20-12-15/h1-2,6,12,16-18H,3-5,7-11,13-14H2/t17-,18-/m0/s1. The van der Waals surface area contributed by atoms with Crippen LogP contribution in [-0.4, -0.2) is 72.3 Å². The van der Waals surface area contributed by atoms with Gasteiger partial charge in [-0.15, -0.1) is 0 Å². The van der Waals surface area contributed by atoms with Gasteiger partial charge in [-0.05, 0) is 30.9 Å². The van der Waals surface area contributed by atoms with Gasteiger partial charge in [0.05, 0.1) is 18.8 Å². The van der Waals surface area contributed by atoms with Crippen molar-refractivity contribution in [3.63, 3.8) is 0 Å². The molecule has 0 aliphatic carbocycles. The lowest BCUT2D eigenvalue weighted by atomic mass is 9.94. The number of hydrogen-bond donors (Lipinski definition) is 0. The van der Waals surface area contributed by atoms with E-state index in [0.717, 1.165) is 52.0 Å². The maximum atomic E-state index is 12.9. The quantitative estimate of drug-likeness (QED) is 0.827. The van der Waals surface area contributed by atoms with E-state index in [1.54, 1.807) is 6.20 Å². The number of piperidine rings is 1. The molecule has 0 bridgehead atoms. The topological polar surface area (TPSA) is 54.9 Å². The lowest BCUT2D eigenvalue weighted by Gasteiger charge is -2.47. The van der Waals surface area contributed by atoms with E-state index in [1.807, 2.05) is 12.3 Å². The number of morpholine rings is 1. The Labute approximate surface area is 149 Å². The van der Waals surface area contributed by atoms with Gasteiger partial charge in [0.15, 0.2) is 0 Å². The Hall–Kier alpha value is -1.50. The van der Waals surface area contributed by atoms with Crippen LogP contribution in [0.2, 0.25) is 0 Å². The smallest absolute Gasteiger partial charge is 0.225 e. The molecule has 3 aliphatic rings. The van der Waals surface area contributed by atoms with Crippen molar-refractivity contribution in [1.29, 1.82) is 0 Å². The second-order valence-electron chi connectivity index (χ2n) is 7.27. The van der Waals surface area contributed by atoms with Gasteiger partial charge in [-0.1, -0.05) is 6.07 Å².